The van der Waals surface area contributed by atoms with Crippen LogP contribution in [0.4, 0.5) is 14.6 Å². The van der Waals surface area contributed by atoms with E-state index in [2.05, 4.69) is 21.1 Å². The average molecular weight is 340 g/mol. The number of hydrogen-bond donors (Lipinski definition) is 1. The molecule has 0 bridgehead atoms. The Labute approximate surface area is 142 Å². The number of carbonyl (C=O) groups excluding carboxylic acids is 1. The molecule has 1 aliphatic heterocycles. The number of hydrogen-bond acceptors (Lipinski definition) is 4. The summed E-state index contributed by atoms with van der Waals surface area (Å²) >= 11 is 0. The van der Waals surface area contributed by atoms with E-state index in [0.29, 0.717) is 19.3 Å². The molecule has 2 rings (SSSR count). The summed E-state index contributed by atoms with van der Waals surface area (Å²) in [6.07, 6.45) is 3.09. The lowest BCUT2D eigenvalue weighted by atomic mass is 10.0. The van der Waals surface area contributed by atoms with Crippen molar-refractivity contribution in [1.82, 2.24) is 4.98 Å². The van der Waals surface area contributed by atoms with Gasteiger partial charge in [-0.25, -0.2) is 13.8 Å². The summed E-state index contributed by atoms with van der Waals surface area (Å²) in [5, 5.41) is 3.28. The number of nitrogens with zero attached hydrogens (tertiary/aromatic N) is 1. The van der Waals surface area contributed by atoms with Crippen molar-refractivity contribution in [3.8, 4) is 0 Å². The number of esters is 1. The van der Waals surface area contributed by atoms with Crippen LogP contribution >= 0.6 is 0 Å². The van der Waals surface area contributed by atoms with E-state index < -0.39 is 18.3 Å². The first-order chi connectivity index (χ1) is 11.5. The highest BCUT2D eigenvalue weighted by Gasteiger charge is 2.29. The van der Waals surface area contributed by atoms with Gasteiger partial charge in [-0.05, 0) is 50.7 Å². The van der Waals surface area contributed by atoms with Crippen LogP contribution in [-0.2, 0) is 22.4 Å². The van der Waals surface area contributed by atoms with Crippen LogP contribution in [0, 0.1) is 0 Å². The first-order valence-corrected chi connectivity index (χ1v) is 8.76. The van der Waals surface area contributed by atoms with Gasteiger partial charge in [0.1, 0.15) is 5.82 Å². The molecule has 4 nitrogen and oxygen atoms in total. The van der Waals surface area contributed by atoms with Gasteiger partial charge in [-0.2, -0.15) is 0 Å². The molecule has 0 fully saturated rings. The Morgan fingerprint density at radius 3 is 2.96 bits per heavy atom. The quantitative estimate of drug-likeness (QED) is 0.542. The number of ether oxygens (including phenoxy) is 1. The number of rotatable bonds is 9. The van der Waals surface area contributed by atoms with Crippen LogP contribution in [0.2, 0.25) is 0 Å². The largest absolute Gasteiger partial charge is 0.466 e. The van der Waals surface area contributed by atoms with Gasteiger partial charge in [0.05, 0.1) is 13.0 Å². The highest BCUT2D eigenvalue weighted by Crippen LogP contribution is 2.27. The van der Waals surface area contributed by atoms with Crippen molar-refractivity contribution in [3.63, 3.8) is 0 Å². The average Bonchev–Trinajstić information content (AvgIpc) is 2.57. The lowest BCUT2D eigenvalue weighted by molar-refractivity contribution is -0.145. The molecule has 1 aromatic rings. The summed E-state index contributed by atoms with van der Waals surface area (Å²) in [7, 11) is 0. The van der Waals surface area contributed by atoms with Crippen molar-refractivity contribution >= 4 is 11.8 Å². The second-order valence-electron chi connectivity index (χ2n) is 6.21. The zero-order chi connectivity index (χ0) is 17.4. The van der Waals surface area contributed by atoms with Gasteiger partial charge in [-0.1, -0.05) is 6.07 Å². The highest BCUT2D eigenvalue weighted by molar-refractivity contribution is 5.69. The summed E-state index contributed by atoms with van der Waals surface area (Å²) in [6.45, 7) is 2.84. The number of pyridine rings is 1. The van der Waals surface area contributed by atoms with Gasteiger partial charge in [-0.3, -0.25) is 4.79 Å². The smallest absolute Gasteiger partial charge is 0.305 e. The molecule has 0 aromatic carbocycles. The van der Waals surface area contributed by atoms with Gasteiger partial charge in [0.15, 0.2) is 0 Å². The molecule has 0 amide bonds. The minimum Gasteiger partial charge on any atom is -0.466 e. The van der Waals surface area contributed by atoms with Crippen molar-refractivity contribution in [2.45, 2.75) is 64.2 Å². The molecule has 6 heteroatoms. The Balaban J connectivity index is 1.69. The van der Waals surface area contributed by atoms with Gasteiger partial charge in [0.2, 0.25) is 5.92 Å². The monoisotopic (exact) mass is 340 g/mol. The van der Waals surface area contributed by atoms with E-state index >= 15 is 0 Å². The number of aromatic nitrogens is 1. The Morgan fingerprint density at radius 2 is 2.17 bits per heavy atom. The Kier molecular flexibility index (Phi) is 6.94. The van der Waals surface area contributed by atoms with Crippen LogP contribution in [0.15, 0.2) is 12.1 Å². The normalized spacial score (nSPS) is 14.0. The molecule has 134 valence electrons. The molecule has 0 radical (unpaired) electrons. The second-order valence-corrected chi connectivity index (χ2v) is 6.21. The third-order valence-electron chi connectivity index (χ3n) is 4.18. The molecule has 0 spiro atoms. The van der Waals surface area contributed by atoms with Crippen LogP contribution in [0.1, 0.15) is 56.7 Å². The minimum atomic E-state index is -2.81. The van der Waals surface area contributed by atoms with Crippen molar-refractivity contribution in [3.05, 3.63) is 23.4 Å². The summed E-state index contributed by atoms with van der Waals surface area (Å²) in [4.78, 5) is 15.7. The van der Waals surface area contributed by atoms with E-state index in [1.807, 2.05) is 6.07 Å². The Hall–Kier alpha value is -1.72. The van der Waals surface area contributed by atoms with Gasteiger partial charge in [0, 0.05) is 25.1 Å². The van der Waals surface area contributed by atoms with E-state index in [-0.39, 0.29) is 19.4 Å². The lowest BCUT2D eigenvalue weighted by Crippen LogP contribution is -2.18. The van der Waals surface area contributed by atoms with Crippen LogP contribution in [0.5, 0.6) is 0 Å². The maximum Gasteiger partial charge on any atom is 0.305 e. The summed E-state index contributed by atoms with van der Waals surface area (Å²) in [6, 6.07) is 4.07. The molecule has 2 heterocycles. The predicted molar refractivity (Wildman–Crippen MR) is 89.4 cm³/mol. The van der Waals surface area contributed by atoms with E-state index in [0.717, 1.165) is 30.9 Å². The van der Waals surface area contributed by atoms with Crippen molar-refractivity contribution in [2.75, 3.05) is 18.5 Å². The number of aryl methyl sites for hydroxylation is 2. The van der Waals surface area contributed by atoms with E-state index in [1.165, 1.54) is 5.56 Å². The molecular formula is C18H26F2N2O2. The van der Waals surface area contributed by atoms with Crippen molar-refractivity contribution < 1.29 is 18.3 Å². The zero-order valence-corrected chi connectivity index (χ0v) is 14.2. The number of nitrogens with one attached hydrogen (secondary N) is 1. The van der Waals surface area contributed by atoms with E-state index in [4.69, 9.17) is 0 Å². The van der Waals surface area contributed by atoms with Gasteiger partial charge in [0.25, 0.3) is 0 Å². The molecular weight excluding hydrogens is 314 g/mol. The molecule has 0 unspecified atom stereocenters. The zero-order valence-electron chi connectivity index (χ0n) is 14.2. The molecule has 0 saturated carbocycles. The molecule has 0 atom stereocenters. The predicted octanol–water partition coefficient (Wildman–Crippen LogP) is 4.13. The molecule has 24 heavy (non-hydrogen) atoms. The molecule has 1 aliphatic rings. The maximum atomic E-state index is 13.7. The maximum absolute atomic E-state index is 13.7. The fourth-order valence-electron chi connectivity index (χ4n) is 2.84. The summed E-state index contributed by atoms with van der Waals surface area (Å²) in [5.74, 6) is -2.42. The van der Waals surface area contributed by atoms with Crippen LogP contribution < -0.4 is 5.32 Å². The second kappa shape index (κ2) is 8.94. The van der Waals surface area contributed by atoms with E-state index in [9.17, 15) is 13.6 Å². The third-order valence-corrected chi connectivity index (χ3v) is 4.18. The topological polar surface area (TPSA) is 51.2 Å². The number of unbranched alkanes of at least 4 members (excludes halogenated alkanes) is 1. The van der Waals surface area contributed by atoms with Crippen LogP contribution in [0.25, 0.3) is 0 Å². The van der Waals surface area contributed by atoms with Gasteiger partial charge in [-0.15, -0.1) is 0 Å². The van der Waals surface area contributed by atoms with Gasteiger partial charge >= 0.3 is 5.97 Å². The van der Waals surface area contributed by atoms with Crippen LogP contribution in [-0.4, -0.2) is 30.0 Å². The summed E-state index contributed by atoms with van der Waals surface area (Å²) in [5.41, 5.74) is 2.17. The fourth-order valence-corrected chi connectivity index (χ4v) is 2.84. The minimum absolute atomic E-state index is 0.199. The number of halogens is 2. The number of carbonyl (C=O) groups is 1. The standard InChI is InChI=1S/C18H26F2N2O2/c1-2-24-16(23)10-12-18(19,20)11-4-3-7-15-9-8-14-6-5-13-21-17(14)22-15/h8-9H,2-7,10-13H2,1H3,(H,21,22). The number of alkyl halides is 2. The first kappa shape index (κ1) is 18.6. The number of anilines is 1. The number of fused-ring (bicyclic) bond motifs is 1. The molecule has 1 N–H and O–H groups in total. The van der Waals surface area contributed by atoms with Crippen LogP contribution in [0.3, 0.4) is 0 Å². The fraction of sp³-hybridized carbons (Fsp3) is 0.667. The Morgan fingerprint density at radius 1 is 1.33 bits per heavy atom. The molecule has 1 aromatic heterocycles. The highest BCUT2D eigenvalue weighted by atomic mass is 19.3. The molecule has 0 aliphatic carbocycles. The first-order valence-electron chi connectivity index (χ1n) is 8.76. The third kappa shape index (κ3) is 6.06. The summed E-state index contributed by atoms with van der Waals surface area (Å²) < 4.78 is 32.2. The van der Waals surface area contributed by atoms with Crippen molar-refractivity contribution in [2.24, 2.45) is 0 Å². The van der Waals surface area contributed by atoms with E-state index in [1.54, 1.807) is 6.92 Å². The van der Waals surface area contributed by atoms with Crippen molar-refractivity contribution in [1.29, 1.82) is 0 Å². The SMILES string of the molecule is CCOC(=O)CCC(F)(F)CCCCc1ccc2c(n1)NCCC2. The Bertz CT molecular complexity index is 550. The molecule has 0 saturated heterocycles. The van der Waals surface area contributed by atoms with Gasteiger partial charge < -0.3 is 10.1 Å². The lowest BCUT2D eigenvalue weighted by Gasteiger charge is -2.18.